The van der Waals surface area contributed by atoms with Crippen LogP contribution in [-0.4, -0.2) is 65.1 Å². The largest absolute Gasteiger partial charge is 0.378 e. The molecular formula is C20H26BrN7O. The maximum Gasteiger partial charge on any atom is 0.180 e. The Kier molecular flexibility index (Phi) is 4.97. The van der Waals surface area contributed by atoms with E-state index in [1.165, 1.54) is 11.4 Å². The molecule has 0 aromatic carbocycles. The SMILES string of the molecule is Cc1cc(-c2nc3ncc(Br)c(N[C@H]4CCNC4)c3[nH]2)c(C)n1N1CCOCC1. The van der Waals surface area contributed by atoms with Crippen molar-refractivity contribution in [2.75, 3.05) is 49.7 Å². The van der Waals surface area contributed by atoms with Gasteiger partial charge in [0.15, 0.2) is 5.65 Å². The normalized spacial score (nSPS) is 20.0. The van der Waals surface area contributed by atoms with Crippen LogP contribution in [0, 0.1) is 13.8 Å². The number of H-pyrrole nitrogens is 1. The summed E-state index contributed by atoms with van der Waals surface area (Å²) in [7, 11) is 0. The lowest BCUT2D eigenvalue weighted by atomic mass is 10.2. The molecule has 2 saturated heterocycles. The minimum absolute atomic E-state index is 0.412. The highest BCUT2D eigenvalue weighted by Gasteiger charge is 2.22. The van der Waals surface area contributed by atoms with Gasteiger partial charge in [0.2, 0.25) is 0 Å². The average molecular weight is 460 g/mol. The molecule has 3 aromatic rings. The lowest BCUT2D eigenvalue weighted by Gasteiger charge is -2.32. The molecule has 3 N–H and O–H groups in total. The Labute approximate surface area is 178 Å². The number of aromatic nitrogens is 4. The van der Waals surface area contributed by atoms with Crippen LogP contribution in [0.4, 0.5) is 5.69 Å². The predicted octanol–water partition coefficient (Wildman–Crippen LogP) is 2.55. The lowest BCUT2D eigenvalue weighted by Crippen LogP contribution is -2.44. The van der Waals surface area contributed by atoms with Crippen LogP contribution in [0.2, 0.25) is 0 Å². The van der Waals surface area contributed by atoms with Crippen LogP contribution >= 0.6 is 15.9 Å². The van der Waals surface area contributed by atoms with E-state index in [1.807, 2.05) is 6.20 Å². The highest BCUT2D eigenvalue weighted by molar-refractivity contribution is 9.10. The molecule has 5 heterocycles. The van der Waals surface area contributed by atoms with Crippen molar-refractivity contribution < 1.29 is 4.74 Å². The third-order valence-corrected chi connectivity index (χ3v) is 6.40. The number of halogens is 1. The van der Waals surface area contributed by atoms with Gasteiger partial charge in [0.05, 0.1) is 36.5 Å². The summed E-state index contributed by atoms with van der Waals surface area (Å²) in [6.07, 6.45) is 2.94. The summed E-state index contributed by atoms with van der Waals surface area (Å²) in [5.74, 6) is 0.853. The molecular weight excluding hydrogens is 434 g/mol. The highest BCUT2D eigenvalue weighted by atomic mass is 79.9. The second kappa shape index (κ2) is 7.62. The minimum Gasteiger partial charge on any atom is -0.378 e. The van der Waals surface area contributed by atoms with Crippen molar-refractivity contribution in [1.82, 2.24) is 24.9 Å². The number of ether oxygens (including phenoxy) is 1. The summed E-state index contributed by atoms with van der Waals surface area (Å²) in [4.78, 5) is 12.9. The number of hydrogen-bond donors (Lipinski definition) is 3. The molecule has 5 rings (SSSR count). The van der Waals surface area contributed by atoms with Crippen molar-refractivity contribution in [3.63, 3.8) is 0 Å². The molecule has 9 heteroatoms. The number of nitrogens with one attached hydrogen (secondary N) is 3. The molecule has 2 aliphatic heterocycles. The second-order valence-electron chi connectivity index (χ2n) is 7.76. The van der Waals surface area contributed by atoms with E-state index >= 15 is 0 Å². The molecule has 8 nitrogen and oxygen atoms in total. The van der Waals surface area contributed by atoms with Crippen LogP contribution in [0.25, 0.3) is 22.6 Å². The number of imidazole rings is 1. The number of anilines is 1. The predicted molar refractivity (Wildman–Crippen MR) is 118 cm³/mol. The van der Waals surface area contributed by atoms with E-state index in [1.54, 1.807) is 0 Å². The van der Waals surface area contributed by atoms with Gasteiger partial charge in [-0.25, -0.2) is 9.97 Å². The highest BCUT2D eigenvalue weighted by Crippen LogP contribution is 2.33. The first kappa shape index (κ1) is 18.9. The molecule has 29 heavy (non-hydrogen) atoms. The number of aromatic amines is 1. The molecule has 1 atom stereocenters. The molecule has 154 valence electrons. The number of morpholine rings is 1. The van der Waals surface area contributed by atoms with Gasteiger partial charge in [-0.2, -0.15) is 0 Å². The van der Waals surface area contributed by atoms with Crippen molar-refractivity contribution >= 4 is 32.8 Å². The van der Waals surface area contributed by atoms with E-state index in [0.29, 0.717) is 6.04 Å². The molecule has 0 saturated carbocycles. The zero-order chi connectivity index (χ0) is 20.0. The minimum atomic E-state index is 0.412. The van der Waals surface area contributed by atoms with E-state index < -0.39 is 0 Å². The maximum absolute atomic E-state index is 5.51. The monoisotopic (exact) mass is 459 g/mol. The number of pyridine rings is 1. The number of hydrogen-bond acceptors (Lipinski definition) is 6. The first-order valence-corrected chi connectivity index (χ1v) is 10.9. The van der Waals surface area contributed by atoms with Crippen LogP contribution in [-0.2, 0) is 4.74 Å². The van der Waals surface area contributed by atoms with Crippen LogP contribution in [0.5, 0.6) is 0 Å². The number of nitrogens with zero attached hydrogens (tertiary/aromatic N) is 4. The first-order valence-electron chi connectivity index (χ1n) is 10.2. The third-order valence-electron chi connectivity index (χ3n) is 5.80. The fourth-order valence-corrected chi connectivity index (χ4v) is 4.78. The Balaban J connectivity index is 1.54. The molecule has 0 radical (unpaired) electrons. The van der Waals surface area contributed by atoms with Crippen LogP contribution < -0.4 is 15.6 Å². The van der Waals surface area contributed by atoms with Crippen molar-refractivity contribution in [2.45, 2.75) is 26.3 Å². The number of aryl methyl sites for hydroxylation is 1. The third kappa shape index (κ3) is 3.41. The summed E-state index contributed by atoms with van der Waals surface area (Å²) < 4.78 is 8.75. The summed E-state index contributed by atoms with van der Waals surface area (Å²) in [5.41, 5.74) is 6.19. The van der Waals surface area contributed by atoms with Crippen molar-refractivity contribution in [1.29, 1.82) is 0 Å². The van der Waals surface area contributed by atoms with E-state index in [4.69, 9.17) is 9.72 Å². The van der Waals surface area contributed by atoms with E-state index in [2.05, 4.69) is 66.1 Å². The van der Waals surface area contributed by atoms with Gasteiger partial charge in [-0.05, 0) is 48.8 Å². The van der Waals surface area contributed by atoms with Gasteiger partial charge >= 0.3 is 0 Å². The van der Waals surface area contributed by atoms with Gasteiger partial charge in [-0.15, -0.1) is 0 Å². The van der Waals surface area contributed by atoms with Crippen LogP contribution in [0.15, 0.2) is 16.7 Å². The molecule has 2 fully saturated rings. The topological polar surface area (TPSA) is 83.0 Å². The molecule has 3 aromatic heterocycles. The summed E-state index contributed by atoms with van der Waals surface area (Å²) in [6, 6.07) is 2.61. The molecule has 2 aliphatic rings. The second-order valence-corrected chi connectivity index (χ2v) is 8.62. The maximum atomic E-state index is 5.51. The van der Waals surface area contributed by atoms with E-state index in [9.17, 15) is 0 Å². The molecule has 0 unspecified atom stereocenters. The first-order chi connectivity index (χ1) is 14.1. The Morgan fingerprint density at radius 3 is 2.86 bits per heavy atom. The Hall–Kier alpha value is -2.10. The van der Waals surface area contributed by atoms with E-state index in [0.717, 1.165) is 78.5 Å². The Morgan fingerprint density at radius 1 is 1.28 bits per heavy atom. The fraction of sp³-hybridized carbons (Fsp3) is 0.500. The van der Waals surface area contributed by atoms with Gasteiger partial charge in [0, 0.05) is 35.7 Å². The quantitative estimate of drug-likeness (QED) is 0.555. The molecule has 0 amide bonds. The molecule has 0 bridgehead atoms. The zero-order valence-corrected chi connectivity index (χ0v) is 18.3. The number of fused-ring (bicyclic) bond motifs is 1. The van der Waals surface area contributed by atoms with Crippen molar-refractivity contribution in [3.8, 4) is 11.4 Å². The smallest absolute Gasteiger partial charge is 0.180 e. The number of rotatable bonds is 4. The molecule has 0 spiro atoms. The van der Waals surface area contributed by atoms with Crippen LogP contribution in [0.1, 0.15) is 17.8 Å². The summed E-state index contributed by atoms with van der Waals surface area (Å²) in [5, 5.41) is 9.40. The molecule has 0 aliphatic carbocycles. The van der Waals surface area contributed by atoms with Gasteiger partial charge in [0.25, 0.3) is 0 Å². The zero-order valence-electron chi connectivity index (χ0n) is 16.8. The summed E-state index contributed by atoms with van der Waals surface area (Å²) >= 11 is 3.66. The van der Waals surface area contributed by atoms with Crippen LogP contribution in [0.3, 0.4) is 0 Å². The van der Waals surface area contributed by atoms with Gasteiger partial charge in [-0.1, -0.05) is 0 Å². The van der Waals surface area contributed by atoms with Gasteiger partial charge in [-0.3, -0.25) is 4.68 Å². The van der Waals surface area contributed by atoms with E-state index in [-0.39, 0.29) is 0 Å². The van der Waals surface area contributed by atoms with Crippen molar-refractivity contribution in [2.24, 2.45) is 0 Å². The Bertz CT molecular complexity index is 1030. The average Bonchev–Trinajstić information content (AvgIpc) is 3.44. The van der Waals surface area contributed by atoms with Gasteiger partial charge in [0.1, 0.15) is 11.3 Å². The summed E-state index contributed by atoms with van der Waals surface area (Å²) in [6.45, 7) is 9.63. The Morgan fingerprint density at radius 2 is 2.10 bits per heavy atom. The lowest BCUT2D eigenvalue weighted by molar-refractivity contribution is 0.110. The van der Waals surface area contributed by atoms with Crippen molar-refractivity contribution in [3.05, 3.63) is 28.1 Å². The van der Waals surface area contributed by atoms with Gasteiger partial charge < -0.3 is 25.4 Å². The fourth-order valence-electron chi connectivity index (χ4n) is 4.37. The standard InChI is InChI=1S/C20H26BrN7O/c1-12-9-15(13(2)28(12)27-5-7-29-8-6-27)19-25-18-17(24-14-3-4-22-10-14)16(21)11-23-20(18)26-19/h9,11,14,22H,3-8,10H2,1-2H3,(H2,23,24,25,26)/t14-/m0/s1.